The number of nitrogens with zero attached hydrogens (tertiary/aromatic N) is 3. The normalized spacial score (nSPS) is 10.4. The van der Waals surface area contributed by atoms with Crippen molar-refractivity contribution >= 4 is 23.2 Å². The molecule has 0 spiro atoms. The molecule has 0 aliphatic heterocycles. The Labute approximate surface area is 161 Å². The highest BCUT2D eigenvalue weighted by molar-refractivity contribution is 5.88. The second-order valence-corrected chi connectivity index (χ2v) is 5.80. The molecule has 1 amide bonds. The average Bonchev–Trinajstić information content (AvgIpc) is 2.73. The Morgan fingerprint density at radius 2 is 1.50 bits per heavy atom. The molecule has 3 aromatic rings. The lowest BCUT2D eigenvalue weighted by molar-refractivity contribution is -0.383. The number of nitro groups is 1. The second kappa shape index (κ2) is 8.58. The Kier molecular flexibility index (Phi) is 5.75. The SMILES string of the molecule is CNc1ncnc(NNC(=O)C(c2ccccc2)c2ccccc2)c1[N+](=O)[O-]. The molecule has 0 aliphatic carbocycles. The first-order chi connectivity index (χ1) is 13.6. The average molecular weight is 378 g/mol. The molecule has 3 N–H and O–H groups in total. The molecule has 0 bridgehead atoms. The highest BCUT2D eigenvalue weighted by Crippen LogP contribution is 2.28. The molecule has 1 heterocycles. The molecule has 0 saturated heterocycles. The van der Waals surface area contributed by atoms with E-state index in [0.717, 1.165) is 11.1 Å². The van der Waals surface area contributed by atoms with Crippen molar-refractivity contribution in [2.45, 2.75) is 5.92 Å². The van der Waals surface area contributed by atoms with Gasteiger partial charge in [-0.25, -0.2) is 9.97 Å². The third kappa shape index (κ3) is 4.04. The maximum Gasteiger partial charge on any atom is 0.354 e. The standard InChI is InChI=1S/C19H18N6O3/c1-20-17-16(25(27)28)18(22-12-21-17)23-24-19(26)15(13-8-4-2-5-9-13)14-10-6-3-7-11-14/h2-12,15H,1H3,(H,24,26)(H2,20,21,22,23). The second-order valence-electron chi connectivity index (χ2n) is 5.80. The largest absolute Gasteiger partial charge is 0.367 e. The molecule has 2 aromatic carbocycles. The molecular weight excluding hydrogens is 360 g/mol. The van der Waals surface area contributed by atoms with Crippen molar-refractivity contribution < 1.29 is 9.72 Å². The van der Waals surface area contributed by atoms with Crippen LogP contribution in [0.5, 0.6) is 0 Å². The van der Waals surface area contributed by atoms with Crippen molar-refractivity contribution in [1.29, 1.82) is 0 Å². The Morgan fingerprint density at radius 3 is 2.00 bits per heavy atom. The highest BCUT2D eigenvalue weighted by Gasteiger charge is 2.25. The summed E-state index contributed by atoms with van der Waals surface area (Å²) in [6, 6.07) is 18.5. The molecule has 9 nitrogen and oxygen atoms in total. The van der Waals surface area contributed by atoms with Crippen LogP contribution in [0.25, 0.3) is 0 Å². The summed E-state index contributed by atoms with van der Waals surface area (Å²) in [4.78, 5) is 31.4. The number of anilines is 2. The Hall–Kier alpha value is -4.01. The van der Waals surface area contributed by atoms with Gasteiger partial charge in [-0.2, -0.15) is 0 Å². The summed E-state index contributed by atoms with van der Waals surface area (Å²) in [5.74, 6) is -1.05. The maximum absolute atomic E-state index is 13.0. The van der Waals surface area contributed by atoms with Gasteiger partial charge >= 0.3 is 5.69 Å². The van der Waals surface area contributed by atoms with Gasteiger partial charge in [0, 0.05) is 7.05 Å². The van der Waals surface area contributed by atoms with Crippen LogP contribution < -0.4 is 16.2 Å². The summed E-state index contributed by atoms with van der Waals surface area (Å²) in [6.07, 6.45) is 1.17. The molecule has 0 unspecified atom stereocenters. The van der Waals surface area contributed by atoms with Crippen LogP contribution in [-0.2, 0) is 4.79 Å². The highest BCUT2D eigenvalue weighted by atomic mass is 16.6. The number of aromatic nitrogens is 2. The first kappa shape index (κ1) is 18.8. The van der Waals surface area contributed by atoms with Crippen molar-refractivity contribution in [3.63, 3.8) is 0 Å². The first-order valence-electron chi connectivity index (χ1n) is 8.44. The van der Waals surface area contributed by atoms with Crippen LogP contribution in [0.3, 0.4) is 0 Å². The lowest BCUT2D eigenvalue weighted by atomic mass is 9.91. The smallest absolute Gasteiger partial charge is 0.354 e. The third-order valence-electron chi connectivity index (χ3n) is 4.07. The lowest BCUT2D eigenvalue weighted by Crippen LogP contribution is -2.35. The Morgan fingerprint density at radius 1 is 0.964 bits per heavy atom. The fourth-order valence-corrected chi connectivity index (χ4v) is 2.81. The van der Waals surface area contributed by atoms with Gasteiger partial charge in [0.05, 0.1) is 10.8 Å². The molecule has 0 saturated carbocycles. The van der Waals surface area contributed by atoms with Gasteiger partial charge < -0.3 is 5.32 Å². The molecule has 3 rings (SSSR count). The molecule has 1 aromatic heterocycles. The lowest BCUT2D eigenvalue weighted by Gasteiger charge is -2.18. The number of hydrogen-bond acceptors (Lipinski definition) is 7. The van der Waals surface area contributed by atoms with Gasteiger partial charge in [-0.3, -0.25) is 25.8 Å². The van der Waals surface area contributed by atoms with Crippen LogP contribution in [0.2, 0.25) is 0 Å². The molecule has 0 atom stereocenters. The molecule has 9 heteroatoms. The summed E-state index contributed by atoms with van der Waals surface area (Å²) in [5.41, 5.74) is 6.31. The van der Waals surface area contributed by atoms with Gasteiger partial charge in [-0.1, -0.05) is 60.7 Å². The molecular formula is C19H18N6O3. The number of hydrogen-bond donors (Lipinski definition) is 3. The summed E-state index contributed by atoms with van der Waals surface area (Å²) in [5, 5.41) is 14.0. The van der Waals surface area contributed by atoms with Gasteiger partial charge in [0.1, 0.15) is 6.33 Å². The fraction of sp³-hybridized carbons (Fsp3) is 0.105. The quantitative estimate of drug-likeness (QED) is 0.427. The van der Waals surface area contributed by atoms with Crippen LogP contribution in [0.1, 0.15) is 17.0 Å². The zero-order chi connectivity index (χ0) is 19.9. The third-order valence-corrected chi connectivity index (χ3v) is 4.07. The van der Waals surface area contributed by atoms with Crippen molar-refractivity contribution in [2.75, 3.05) is 17.8 Å². The summed E-state index contributed by atoms with van der Waals surface area (Å²) in [6.45, 7) is 0. The van der Waals surface area contributed by atoms with Gasteiger partial charge in [0.15, 0.2) is 0 Å². The number of nitrogens with one attached hydrogen (secondary N) is 3. The summed E-state index contributed by atoms with van der Waals surface area (Å²) in [7, 11) is 1.51. The molecule has 0 radical (unpaired) electrons. The minimum Gasteiger partial charge on any atom is -0.367 e. The van der Waals surface area contributed by atoms with E-state index in [0.29, 0.717) is 0 Å². The fourth-order valence-electron chi connectivity index (χ4n) is 2.81. The van der Waals surface area contributed by atoms with E-state index in [1.54, 1.807) is 0 Å². The number of rotatable bonds is 7. The van der Waals surface area contributed by atoms with Crippen LogP contribution in [-0.4, -0.2) is 27.8 Å². The van der Waals surface area contributed by atoms with Crippen LogP contribution >= 0.6 is 0 Å². The Balaban J connectivity index is 1.87. The van der Waals surface area contributed by atoms with E-state index in [2.05, 4.69) is 26.1 Å². The van der Waals surface area contributed by atoms with Gasteiger partial charge in [0.2, 0.25) is 17.5 Å². The number of hydrazine groups is 1. The van der Waals surface area contributed by atoms with E-state index in [9.17, 15) is 14.9 Å². The number of carbonyl (C=O) groups excluding carboxylic acids is 1. The van der Waals surface area contributed by atoms with E-state index in [1.807, 2.05) is 60.7 Å². The molecule has 0 fully saturated rings. The minimum atomic E-state index is -0.619. The zero-order valence-corrected chi connectivity index (χ0v) is 15.0. The van der Waals surface area contributed by atoms with E-state index in [1.165, 1.54) is 13.4 Å². The first-order valence-corrected chi connectivity index (χ1v) is 8.44. The number of amides is 1. The van der Waals surface area contributed by atoms with E-state index < -0.39 is 10.8 Å². The van der Waals surface area contributed by atoms with Gasteiger partial charge in [-0.15, -0.1) is 0 Å². The van der Waals surface area contributed by atoms with E-state index >= 15 is 0 Å². The summed E-state index contributed by atoms with van der Waals surface area (Å²) >= 11 is 0. The molecule has 0 aliphatic rings. The number of carbonyl (C=O) groups is 1. The minimum absolute atomic E-state index is 0.0411. The van der Waals surface area contributed by atoms with Crippen molar-refractivity contribution in [1.82, 2.24) is 15.4 Å². The number of benzene rings is 2. The van der Waals surface area contributed by atoms with E-state index in [4.69, 9.17) is 0 Å². The Bertz CT molecular complexity index is 926. The van der Waals surface area contributed by atoms with Crippen molar-refractivity contribution in [3.8, 4) is 0 Å². The summed E-state index contributed by atoms with van der Waals surface area (Å²) < 4.78 is 0. The van der Waals surface area contributed by atoms with Crippen molar-refractivity contribution in [3.05, 3.63) is 88.2 Å². The van der Waals surface area contributed by atoms with Crippen molar-refractivity contribution in [2.24, 2.45) is 0 Å². The zero-order valence-electron chi connectivity index (χ0n) is 15.0. The molecule has 142 valence electrons. The van der Waals surface area contributed by atoms with Crippen LogP contribution in [0.4, 0.5) is 17.3 Å². The maximum atomic E-state index is 13.0. The monoisotopic (exact) mass is 378 g/mol. The molecule has 28 heavy (non-hydrogen) atoms. The van der Waals surface area contributed by atoms with Gasteiger partial charge in [0.25, 0.3) is 0 Å². The predicted octanol–water partition coefficient (Wildman–Crippen LogP) is 2.70. The van der Waals surface area contributed by atoms with Crippen LogP contribution in [0, 0.1) is 10.1 Å². The predicted molar refractivity (Wildman–Crippen MR) is 105 cm³/mol. The van der Waals surface area contributed by atoms with Gasteiger partial charge in [-0.05, 0) is 11.1 Å². The van der Waals surface area contributed by atoms with E-state index in [-0.39, 0.29) is 23.2 Å². The van der Waals surface area contributed by atoms with Crippen LogP contribution in [0.15, 0.2) is 67.0 Å². The topological polar surface area (TPSA) is 122 Å².